The van der Waals surface area contributed by atoms with Gasteiger partial charge in [0.1, 0.15) is 0 Å². The highest BCUT2D eigenvalue weighted by atomic mass is 35.5. The normalized spacial score (nSPS) is 27.2. The summed E-state index contributed by atoms with van der Waals surface area (Å²) in [5, 5.41) is 3.51. The minimum atomic E-state index is 0. The number of hydrogen-bond donors (Lipinski definition) is 1. The third-order valence-corrected chi connectivity index (χ3v) is 2.77. The van der Waals surface area contributed by atoms with Gasteiger partial charge in [-0.15, -0.1) is 12.4 Å². The number of aryl methyl sites for hydroxylation is 1. The van der Waals surface area contributed by atoms with E-state index in [2.05, 4.69) is 42.6 Å². The molecule has 0 saturated heterocycles. The molecule has 2 bridgehead atoms. The fraction of sp³-hybridized carbons (Fsp3) is 0.273. The van der Waals surface area contributed by atoms with Gasteiger partial charge in [-0.3, -0.25) is 5.32 Å². The topological polar surface area (TPSA) is 12.0 Å². The van der Waals surface area contributed by atoms with E-state index in [0.29, 0.717) is 12.1 Å². The molecule has 0 amide bonds. The summed E-state index contributed by atoms with van der Waals surface area (Å²) in [6.07, 6.45) is 4.51. The Hall–Kier alpha value is -0.790. The van der Waals surface area contributed by atoms with Gasteiger partial charge in [-0.05, 0) is 18.1 Å². The van der Waals surface area contributed by atoms with Crippen molar-refractivity contribution in [3.63, 3.8) is 0 Å². The van der Waals surface area contributed by atoms with Crippen LogP contribution in [0.15, 0.2) is 30.4 Å². The Morgan fingerprint density at radius 3 is 2.54 bits per heavy atom. The van der Waals surface area contributed by atoms with Crippen LogP contribution < -0.4 is 5.32 Å². The molecule has 0 saturated carbocycles. The molecule has 1 nitrogen and oxygen atoms in total. The predicted molar refractivity (Wildman–Crippen MR) is 56.2 cm³/mol. The SMILES string of the molecule is Cc1ccc2c(c1)C1C=CC2N1.Cl. The average Bonchev–Trinajstić information content (AvgIpc) is 2.63. The lowest BCUT2D eigenvalue weighted by Crippen LogP contribution is -2.07. The zero-order chi connectivity index (χ0) is 8.13. The maximum absolute atomic E-state index is 3.51. The maximum atomic E-state index is 3.51. The number of halogens is 1. The zero-order valence-electron chi connectivity index (χ0n) is 7.45. The summed E-state index contributed by atoms with van der Waals surface area (Å²) in [6, 6.07) is 7.70. The van der Waals surface area contributed by atoms with Gasteiger partial charge in [-0.2, -0.15) is 0 Å². The smallest absolute Gasteiger partial charge is 0.0517 e. The molecule has 1 N–H and O–H groups in total. The molecule has 13 heavy (non-hydrogen) atoms. The summed E-state index contributed by atoms with van der Waals surface area (Å²) in [6.45, 7) is 2.15. The largest absolute Gasteiger partial charge is 0.296 e. The van der Waals surface area contributed by atoms with E-state index in [1.165, 1.54) is 16.7 Å². The van der Waals surface area contributed by atoms with Crippen molar-refractivity contribution >= 4 is 12.4 Å². The molecule has 2 heterocycles. The molecule has 2 aliphatic heterocycles. The van der Waals surface area contributed by atoms with Crippen LogP contribution in [0.25, 0.3) is 0 Å². The lowest BCUT2D eigenvalue weighted by Gasteiger charge is -2.08. The zero-order valence-corrected chi connectivity index (χ0v) is 8.27. The van der Waals surface area contributed by atoms with Crippen LogP contribution in [0.5, 0.6) is 0 Å². The van der Waals surface area contributed by atoms with Crippen LogP contribution in [0.1, 0.15) is 28.8 Å². The molecule has 2 unspecified atom stereocenters. The van der Waals surface area contributed by atoms with E-state index in [1.54, 1.807) is 0 Å². The van der Waals surface area contributed by atoms with E-state index in [1.807, 2.05) is 0 Å². The molecular weight excluding hydrogens is 182 g/mol. The Balaban J connectivity index is 0.000000653. The van der Waals surface area contributed by atoms with Crippen molar-refractivity contribution in [1.82, 2.24) is 5.32 Å². The molecule has 0 aromatic heterocycles. The van der Waals surface area contributed by atoms with Gasteiger partial charge >= 0.3 is 0 Å². The van der Waals surface area contributed by atoms with E-state index in [9.17, 15) is 0 Å². The minimum absolute atomic E-state index is 0. The van der Waals surface area contributed by atoms with Gasteiger partial charge in [0.2, 0.25) is 0 Å². The number of benzene rings is 1. The van der Waals surface area contributed by atoms with Crippen molar-refractivity contribution in [2.75, 3.05) is 0 Å². The van der Waals surface area contributed by atoms with Crippen LogP contribution in [-0.2, 0) is 0 Å². The van der Waals surface area contributed by atoms with Gasteiger partial charge in [0.25, 0.3) is 0 Å². The fourth-order valence-corrected chi connectivity index (χ4v) is 2.16. The minimum Gasteiger partial charge on any atom is -0.296 e. The highest BCUT2D eigenvalue weighted by molar-refractivity contribution is 5.85. The van der Waals surface area contributed by atoms with E-state index in [-0.39, 0.29) is 12.4 Å². The Morgan fingerprint density at radius 1 is 1.08 bits per heavy atom. The number of rotatable bonds is 0. The standard InChI is InChI=1S/C11H11N.ClH/c1-7-2-3-8-9(6-7)11-5-4-10(8)12-11;/h2-6,10-12H,1H3;1H. The average molecular weight is 194 g/mol. The Bertz CT molecular complexity index is 370. The molecule has 2 atom stereocenters. The third-order valence-electron chi connectivity index (χ3n) is 2.77. The van der Waals surface area contributed by atoms with Gasteiger partial charge < -0.3 is 0 Å². The molecule has 1 aromatic carbocycles. The van der Waals surface area contributed by atoms with E-state index >= 15 is 0 Å². The first-order valence-electron chi connectivity index (χ1n) is 4.39. The summed E-state index contributed by atoms with van der Waals surface area (Å²) in [5.74, 6) is 0. The molecule has 1 aromatic rings. The van der Waals surface area contributed by atoms with E-state index in [4.69, 9.17) is 0 Å². The first-order chi connectivity index (χ1) is 5.84. The molecule has 0 radical (unpaired) electrons. The molecule has 2 heteroatoms. The van der Waals surface area contributed by atoms with Gasteiger partial charge in [-0.1, -0.05) is 35.9 Å². The highest BCUT2D eigenvalue weighted by Gasteiger charge is 2.31. The number of hydrogen-bond acceptors (Lipinski definition) is 1. The molecule has 3 rings (SSSR count). The third kappa shape index (κ3) is 1.11. The lowest BCUT2D eigenvalue weighted by atomic mass is 9.95. The summed E-state index contributed by atoms with van der Waals surface area (Å²) >= 11 is 0. The summed E-state index contributed by atoms with van der Waals surface area (Å²) in [4.78, 5) is 0. The monoisotopic (exact) mass is 193 g/mol. The van der Waals surface area contributed by atoms with Crippen LogP contribution in [0.4, 0.5) is 0 Å². The fourth-order valence-electron chi connectivity index (χ4n) is 2.16. The second kappa shape index (κ2) is 2.86. The molecule has 0 fully saturated rings. The second-order valence-electron chi connectivity index (χ2n) is 3.64. The molecule has 0 aliphatic carbocycles. The van der Waals surface area contributed by atoms with Crippen molar-refractivity contribution in [3.05, 3.63) is 47.0 Å². The molecule has 2 aliphatic rings. The quantitative estimate of drug-likeness (QED) is 0.625. The molecule has 0 spiro atoms. The summed E-state index contributed by atoms with van der Waals surface area (Å²) in [7, 11) is 0. The van der Waals surface area contributed by atoms with E-state index in [0.717, 1.165) is 0 Å². The van der Waals surface area contributed by atoms with Crippen LogP contribution >= 0.6 is 12.4 Å². The first-order valence-corrected chi connectivity index (χ1v) is 4.39. The van der Waals surface area contributed by atoms with Gasteiger partial charge in [0.15, 0.2) is 0 Å². The maximum Gasteiger partial charge on any atom is 0.0517 e. The number of nitrogens with one attached hydrogen (secondary N) is 1. The second-order valence-corrected chi connectivity index (χ2v) is 3.64. The van der Waals surface area contributed by atoms with Crippen molar-refractivity contribution in [1.29, 1.82) is 0 Å². The Kier molecular flexibility index (Phi) is 1.94. The lowest BCUT2D eigenvalue weighted by molar-refractivity contribution is 0.673. The molecular formula is C11H12ClN. The summed E-state index contributed by atoms with van der Waals surface area (Å²) in [5.41, 5.74) is 4.30. The van der Waals surface area contributed by atoms with Crippen LogP contribution in [-0.4, -0.2) is 0 Å². The van der Waals surface area contributed by atoms with E-state index < -0.39 is 0 Å². The summed E-state index contributed by atoms with van der Waals surface area (Å²) < 4.78 is 0. The van der Waals surface area contributed by atoms with Crippen LogP contribution in [0.3, 0.4) is 0 Å². The predicted octanol–water partition coefficient (Wildman–Crippen LogP) is 2.67. The van der Waals surface area contributed by atoms with Crippen molar-refractivity contribution in [2.45, 2.75) is 19.0 Å². The van der Waals surface area contributed by atoms with Crippen molar-refractivity contribution in [3.8, 4) is 0 Å². The van der Waals surface area contributed by atoms with Crippen LogP contribution in [0, 0.1) is 6.92 Å². The van der Waals surface area contributed by atoms with Crippen molar-refractivity contribution in [2.24, 2.45) is 0 Å². The van der Waals surface area contributed by atoms with Gasteiger partial charge in [-0.25, -0.2) is 0 Å². The highest BCUT2D eigenvalue weighted by Crippen LogP contribution is 2.39. The van der Waals surface area contributed by atoms with Gasteiger partial charge in [0, 0.05) is 0 Å². The molecule has 68 valence electrons. The Labute approximate surface area is 84.3 Å². The van der Waals surface area contributed by atoms with Crippen LogP contribution in [0.2, 0.25) is 0 Å². The van der Waals surface area contributed by atoms with Gasteiger partial charge in [0.05, 0.1) is 12.1 Å². The first kappa shape index (κ1) is 8.79. The Morgan fingerprint density at radius 2 is 1.77 bits per heavy atom. The van der Waals surface area contributed by atoms with Crippen molar-refractivity contribution < 1.29 is 0 Å². The number of fused-ring (bicyclic) bond motifs is 5.